The summed E-state index contributed by atoms with van der Waals surface area (Å²) in [6.07, 6.45) is 2.83. The summed E-state index contributed by atoms with van der Waals surface area (Å²) in [7, 11) is 0. The Hall–Kier alpha value is -3.20. The third-order valence-electron chi connectivity index (χ3n) is 4.70. The third-order valence-corrected chi connectivity index (χ3v) is 5.50. The van der Waals surface area contributed by atoms with E-state index in [9.17, 15) is 14.4 Å². The van der Waals surface area contributed by atoms with Crippen LogP contribution in [0.1, 0.15) is 23.3 Å². The quantitative estimate of drug-likeness (QED) is 0.495. The first-order chi connectivity index (χ1) is 14.6. The van der Waals surface area contributed by atoms with Crippen LogP contribution in [-0.2, 0) is 14.3 Å². The van der Waals surface area contributed by atoms with Gasteiger partial charge in [-0.05, 0) is 25.0 Å². The molecule has 1 aliphatic rings. The summed E-state index contributed by atoms with van der Waals surface area (Å²) in [5.41, 5.74) is 0.925. The molecule has 30 heavy (non-hydrogen) atoms. The van der Waals surface area contributed by atoms with Crippen molar-refractivity contribution in [2.75, 3.05) is 36.9 Å². The Morgan fingerprint density at radius 3 is 2.67 bits per heavy atom. The van der Waals surface area contributed by atoms with Crippen molar-refractivity contribution in [3.05, 3.63) is 54.1 Å². The number of para-hydroxylation sites is 1. The highest BCUT2D eigenvalue weighted by molar-refractivity contribution is 7.13. The number of piperidine rings is 1. The number of carbonyl (C=O) groups is 3. The molecule has 2 heterocycles. The Kier molecular flexibility index (Phi) is 7.56. The highest BCUT2D eigenvalue weighted by Gasteiger charge is 2.28. The molecule has 1 saturated heterocycles. The van der Waals surface area contributed by atoms with Gasteiger partial charge in [-0.2, -0.15) is 0 Å². The van der Waals surface area contributed by atoms with Gasteiger partial charge in [0.25, 0.3) is 5.91 Å². The van der Waals surface area contributed by atoms with Crippen LogP contribution in [0.2, 0.25) is 0 Å². The molecule has 9 heteroatoms. The van der Waals surface area contributed by atoms with Crippen molar-refractivity contribution in [2.24, 2.45) is 5.92 Å². The minimum Gasteiger partial charge on any atom is -0.451 e. The van der Waals surface area contributed by atoms with Crippen LogP contribution in [0.5, 0.6) is 0 Å². The zero-order valence-electron chi connectivity index (χ0n) is 16.5. The van der Waals surface area contributed by atoms with Crippen molar-refractivity contribution in [1.82, 2.24) is 9.88 Å². The van der Waals surface area contributed by atoms with Gasteiger partial charge in [-0.15, -0.1) is 17.9 Å². The summed E-state index contributed by atoms with van der Waals surface area (Å²) >= 11 is 1.28. The molecule has 0 radical (unpaired) electrons. The molecule has 1 aromatic heterocycles. The number of carbonyl (C=O) groups excluding carboxylic acids is 3. The molecule has 1 fully saturated rings. The fourth-order valence-electron chi connectivity index (χ4n) is 3.06. The highest BCUT2D eigenvalue weighted by Crippen LogP contribution is 2.20. The molecule has 1 aromatic carbocycles. The summed E-state index contributed by atoms with van der Waals surface area (Å²) in [5, 5.41) is 8.05. The first-order valence-corrected chi connectivity index (χ1v) is 10.6. The number of esters is 1. The van der Waals surface area contributed by atoms with Gasteiger partial charge in [0.1, 0.15) is 0 Å². The molecule has 8 nitrogen and oxygen atoms in total. The number of hydrogen-bond acceptors (Lipinski definition) is 7. The molecule has 2 aromatic rings. The molecule has 0 atom stereocenters. The van der Waals surface area contributed by atoms with Crippen LogP contribution in [-0.4, -0.2) is 53.9 Å². The van der Waals surface area contributed by atoms with E-state index in [-0.39, 0.29) is 30.0 Å². The highest BCUT2D eigenvalue weighted by atomic mass is 32.1. The molecule has 3 rings (SSSR count). The van der Waals surface area contributed by atoms with E-state index in [1.54, 1.807) is 16.4 Å². The predicted octanol–water partition coefficient (Wildman–Crippen LogP) is 2.78. The second-order valence-electron chi connectivity index (χ2n) is 6.79. The van der Waals surface area contributed by atoms with Crippen molar-refractivity contribution in [1.29, 1.82) is 0 Å². The molecule has 0 saturated carbocycles. The summed E-state index contributed by atoms with van der Waals surface area (Å²) in [6.45, 7) is 4.71. The van der Waals surface area contributed by atoms with E-state index in [2.05, 4.69) is 22.2 Å². The normalized spacial score (nSPS) is 14.1. The molecule has 0 spiro atoms. The predicted molar refractivity (Wildman–Crippen MR) is 115 cm³/mol. The maximum Gasteiger partial charge on any atom is 0.358 e. The first-order valence-electron chi connectivity index (χ1n) is 9.68. The smallest absolute Gasteiger partial charge is 0.358 e. The lowest BCUT2D eigenvalue weighted by atomic mass is 9.95. The average molecular weight is 429 g/mol. The van der Waals surface area contributed by atoms with E-state index in [0.29, 0.717) is 37.6 Å². The lowest BCUT2D eigenvalue weighted by Crippen LogP contribution is -2.43. The van der Waals surface area contributed by atoms with Crippen LogP contribution in [0.15, 0.2) is 48.4 Å². The van der Waals surface area contributed by atoms with Crippen LogP contribution >= 0.6 is 11.3 Å². The van der Waals surface area contributed by atoms with Crippen molar-refractivity contribution >= 4 is 39.9 Å². The van der Waals surface area contributed by atoms with Gasteiger partial charge in [0.15, 0.2) is 17.4 Å². The van der Waals surface area contributed by atoms with Gasteiger partial charge in [0.2, 0.25) is 5.91 Å². The number of aromatic nitrogens is 1. The maximum atomic E-state index is 12.4. The minimum absolute atomic E-state index is 0.0378. The van der Waals surface area contributed by atoms with Crippen LogP contribution < -0.4 is 10.6 Å². The lowest BCUT2D eigenvalue weighted by molar-refractivity contribution is -0.137. The first kappa shape index (κ1) is 21.5. The van der Waals surface area contributed by atoms with E-state index < -0.39 is 5.97 Å². The maximum absolute atomic E-state index is 12.4. The second kappa shape index (κ2) is 10.5. The second-order valence-corrected chi connectivity index (χ2v) is 7.65. The number of hydrogen-bond donors (Lipinski definition) is 2. The fourth-order valence-corrected chi connectivity index (χ4v) is 3.75. The standard InChI is InChI=1S/C21H24N4O4S/c1-2-10-22-21-24-17(14-30-21)20(28)29-13-18(26)25-11-8-15(9-12-25)19(27)23-16-6-4-3-5-7-16/h2-7,14-15H,1,8-13H2,(H,22,24)(H,23,27). The number of nitrogens with one attached hydrogen (secondary N) is 2. The molecule has 1 aliphatic heterocycles. The van der Waals surface area contributed by atoms with Crippen molar-refractivity contribution in [2.45, 2.75) is 12.8 Å². The van der Waals surface area contributed by atoms with E-state index in [1.807, 2.05) is 30.3 Å². The Bertz CT molecular complexity index is 891. The molecule has 0 bridgehead atoms. The van der Waals surface area contributed by atoms with Gasteiger partial charge in [-0.1, -0.05) is 24.3 Å². The SMILES string of the molecule is C=CCNc1nc(C(=O)OCC(=O)N2CCC(C(=O)Nc3ccccc3)CC2)cs1. The number of ether oxygens (including phenoxy) is 1. The van der Waals surface area contributed by atoms with E-state index in [0.717, 1.165) is 5.69 Å². The number of likely N-dealkylation sites (tertiary alicyclic amines) is 1. The summed E-state index contributed by atoms with van der Waals surface area (Å²) in [4.78, 5) is 42.6. The third kappa shape index (κ3) is 5.90. The molecule has 0 aliphatic carbocycles. The number of rotatable bonds is 8. The van der Waals surface area contributed by atoms with E-state index >= 15 is 0 Å². The molecular weight excluding hydrogens is 404 g/mol. The molecule has 2 amide bonds. The Morgan fingerprint density at radius 2 is 1.97 bits per heavy atom. The van der Waals surface area contributed by atoms with Crippen LogP contribution in [0.4, 0.5) is 10.8 Å². The van der Waals surface area contributed by atoms with Crippen LogP contribution in [0.3, 0.4) is 0 Å². The molecule has 2 N–H and O–H groups in total. The average Bonchev–Trinajstić information content (AvgIpc) is 3.25. The number of anilines is 2. The lowest BCUT2D eigenvalue weighted by Gasteiger charge is -2.31. The van der Waals surface area contributed by atoms with Crippen molar-refractivity contribution in [3.63, 3.8) is 0 Å². The van der Waals surface area contributed by atoms with E-state index in [1.165, 1.54) is 11.3 Å². The van der Waals surface area contributed by atoms with Gasteiger partial charge in [0.05, 0.1) is 0 Å². The zero-order chi connectivity index (χ0) is 21.3. The van der Waals surface area contributed by atoms with Gasteiger partial charge in [-0.25, -0.2) is 9.78 Å². The van der Waals surface area contributed by atoms with Gasteiger partial charge < -0.3 is 20.3 Å². The summed E-state index contributed by atoms with van der Waals surface area (Å²) in [5.74, 6) is -1.09. The summed E-state index contributed by atoms with van der Waals surface area (Å²) < 4.78 is 5.10. The number of thiazole rings is 1. The largest absolute Gasteiger partial charge is 0.451 e. The Balaban J connectivity index is 1.40. The zero-order valence-corrected chi connectivity index (χ0v) is 17.3. The van der Waals surface area contributed by atoms with Gasteiger partial charge >= 0.3 is 5.97 Å². The monoisotopic (exact) mass is 428 g/mol. The van der Waals surface area contributed by atoms with Crippen molar-refractivity contribution in [3.8, 4) is 0 Å². The minimum atomic E-state index is -0.636. The summed E-state index contributed by atoms with van der Waals surface area (Å²) in [6, 6.07) is 9.29. The topological polar surface area (TPSA) is 101 Å². The van der Waals surface area contributed by atoms with Gasteiger partial charge in [0, 0.05) is 36.6 Å². The van der Waals surface area contributed by atoms with Crippen LogP contribution in [0.25, 0.3) is 0 Å². The number of benzene rings is 1. The number of nitrogens with zero attached hydrogens (tertiary/aromatic N) is 2. The molecular formula is C21H24N4O4S. The molecule has 0 unspecified atom stereocenters. The van der Waals surface area contributed by atoms with E-state index in [4.69, 9.17) is 4.74 Å². The van der Waals surface area contributed by atoms with Gasteiger partial charge in [-0.3, -0.25) is 9.59 Å². The molecule has 158 valence electrons. The van der Waals surface area contributed by atoms with Crippen molar-refractivity contribution < 1.29 is 19.1 Å². The number of amides is 2. The van der Waals surface area contributed by atoms with Crippen LogP contribution in [0, 0.1) is 5.92 Å². The fraction of sp³-hybridized carbons (Fsp3) is 0.333. The Morgan fingerprint density at radius 1 is 1.23 bits per heavy atom. The Labute approximate surface area is 178 Å².